The van der Waals surface area contributed by atoms with Crippen molar-refractivity contribution in [1.82, 2.24) is 4.90 Å². The van der Waals surface area contributed by atoms with Crippen molar-refractivity contribution in [3.63, 3.8) is 0 Å². The predicted molar refractivity (Wildman–Crippen MR) is 90.4 cm³/mol. The van der Waals surface area contributed by atoms with Crippen molar-refractivity contribution in [1.29, 1.82) is 0 Å². The lowest BCUT2D eigenvalue weighted by Crippen LogP contribution is -2.50. The van der Waals surface area contributed by atoms with Crippen LogP contribution >= 0.6 is 0 Å². The van der Waals surface area contributed by atoms with E-state index in [4.69, 9.17) is 0 Å². The zero-order valence-electron chi connectivity index (χ0n) is 13.1. The molecule has 0 aromatic heterocycles. The lowest BCUT2D eigenvalue weighted by atomic mass is 10.2. The Kier molecular flexibility index (Phi) is 4.46. The minimum absolute atomic E-state index is 0.221. The molecule has 1 aliphatic heterocycles. The van der Waals surface area contributed by atoms with E-state index in [2.05, 4.69) is 41.4 Å². The van der Waals surface area contributed by atoms with Crippen LogP contribution in [0.4, 0.5) is 20.6 Å². The van der Waals surface area contributed by atoms with Crippen LogP contribution in [-0.4, -0.2) is 37.1 Å². The first-order valence-electron chi connectivity index (χ1n) is 7.75. The molecule has 1 fully saturated rings. The van der Waals surface area contributed by atoms with Gasteiger partial charge in [0.15, 0.2) is 0 Å². The molecule has 0 radical (unpaired) electrons. The number of hydrogen-bond donors (Lipinski definition) is 1. The third kappa shape index (κ3) is 3.62. The highest BCUT2D eigenvalue weighted by Gasteiger charge is 2.21. The Morgan fingerprint density at radius 3 is 2.30 bits per heavy atom. The average Bonchev–Trinajstić information content (AvgIpc) is 2.58. The Morgan fingerprint density at radius 2 is 1.65 bits per heavy atom. The molecule has 3 rings (SSSR count). The summed E-state index contributed by atoms with van der Waals surface area (Å²) in [5, 5.41) is 2.64. The van der Waals surface area contributed by atoms with E-state index in [0.717, 1.165) is 13.1 Å². The molecule has 2 aromatic rings. The van der Waals surface area contributed by atoms with Crippen molar-refractivity contribution in [2.75, 3.05) is 36.4 Å². The van der Waals surface area contributed by atoms with Crippen molar-refractivity contribution in [2.45, 2.75) is 6.92 Å². The largest absolute Gasteiger partial charge is 0.368 e. The number of anilines is 2. The monoisotopic (exact) mass is 313 g/mol. The van der Waals surface area contributed by atoms with Crippen LogP contribution in [0, 0.1) is 12.7 Å². The number of benzene rings is 2. The van der Waals surface area contributed by atoms with Gasteiger partial charge in [0.2, 0.25) is 0 Å². The summed E-state index contributed by atoms with van der Waals surface area (Å²) >= 11 is 0. The summed E-state index contributed by atoms with van der Waals surface area (Å²) in [7, 11) is 0. The second kappa shape index (κ2) is 6.69. The van der Waals surface area contributed by atoms with Gasteiger partial charge < -0.3 is 15.1 Å². The van der Waals surface area contributed by atoms with Crippen molar-refractivity contribution in [2.24, 2.45) is 0 Å². The predicted octanol–water partition coefficient (Wildman–Crippen LogP) is 3.49. The molecule has 1 heterocycles. The Morgan fingerprint density at radius 1 is 1.00 bits per heavy atom. The number of nitrogens with one attached hydrogen (secondary N) is 1. The van der Waals surface area contributed by atoms with Crippen LogP contribution in [0.15, 0.2) is 48.5 Å². The number of para-hydroxylation sites is 1. The summed E-state index contributed by atoms with van der Waals surface area (Å²) in [5.41, 5.74) is 2.62. The lowest BCUT2D eigenvalue weighted by Gasteiger charge is -2.36. The molecule has 1 aliphatic rings. The first-order chi connectivity index (χ1) is 11.1. The normalized spacial score (nSPS) is 14.7. The fourth-order valence-corrected chi connectivity index (χ4v) is 2.68. The van der Waals surface area contributed by atoms with Crippen molar-refractivity contribution in [3.8, 4) is 0 Å². The Balaban J connectivity index is 1.57. The molecule has 2 aromatic carbocycles. The molecule has 0 saturated carbocycles. The molecule has 5 heteroatoms. The number of aryl methyl sites for hydroxylation is 1. The number of carbonyl (C=O) groups is 1. The van der Waals surface area contributed by atoms with Crippen LogP contribution in [0.25, 0.3) is 0 Å². The second-order valence-electron chi connectivity index (χ2n) is 5.72. The Labute approximate surface area is 135 Å². The van der Waals surface area contributed by atoms with Crippen LogP contribution in [0.1, 0.15) is 5.56 Å². The third-order valence-electron chi connectivity index (χ3n) is 4.08. The number of halogens is 1. The molecule has 1 saturated heterocycles. The second-order valence-corrected chi connectivity index (χ2v) is 5.72. The highest BCUT2D eigenvalue weighted by molar-refractivity contribution is 5.89. The number of amides is 2. The van der Waals surface area contributed by atoms with E-state index in [1.807, 2.05) is 0 Å². The zero-order valence-corrected chi connectivity index (χ0v) is 13.1. The first kappa shape index (κ1) is 15.3. The van der Waals surface area contributed by atoms with Gasteiger partial charge >= 0.3 is 6.03 Å². The quantitative estimate of drug-likeness (QED) is 0.921. The maximum atomic E-state index is 13.6. The summed E-state index contributed by atoms with van der Waals surface area (Å²) in [6, 6.07) is 14.3. The number of rotatable bonds is 2. The van der Waals surface area contributed by atoms with Crippen molar-refractivity contribution >= 4 is 17.4 Å². The fraction of sp³-hybridized carbons (Fsp3) is 0.278. The molecular weight excluding hydrogens is 293 g/mol. The van der Waals surface area contributed by atoms with Gasteiger partial charge in [0.25, 0.3) is 0 Å². The molecule has 2 amide bonds. The van der Waals surface area contributed by atoms with E-state index in [-0.39, 0.29) is 11.7 Å². The summed E-state index contributed by atoms with van der Waals surface area (Å²) in [6.07, 6.45) is 0. The van der Waals surface area contributed by atoms with Gasteiger partial charge in [-0.05, 0) is 31.2 Å². The van der Waals surface area contributed by atoms with E-state index in [1.54, 1.807) is 23.1 Å². The molecule has 120 valence electrons. The van der Waals surface area contributed by atoms with Gasteiger partial charge in [-0.3, -0.25) is 0 Å². The smallest absolute Gasteiger partial charge is 0.322 e. The maximum absolute atomic E-state index is 13.6. The first-order valence-corrected chi connectivity index (χ1v) is 7.75. The van der Waals surface area contributed by atoms with Crippen LogP contribution in [0.5, 0.6) is 0 Å². The van der Waals surface area contributed by atoms with Crippen LogP contribution in [0.3, 0.4) is 0 Å². The van der Waals surface area contributed by atoms with E-state index < -0.39 is 5.82 Å². The van der Waals surface area contributed by atoms with Gasteiger partial charge in [-0.15, -0.1) is 0 Å². The summed E-state index contributed by atoms with van der Waals surface area (Å²) in [5.74, 6) is -0.417. The molecular formula is C18H20FN3O. The summed E-state index contributed by atoms with van der Waals surface area (Å²) in [6.45, 7) is 4.85. The molecule has 0 aliphatic carbocycles. The van der Waals surface area contributed by atoms with E-state index in [9.17, 15) is 9.18 Å². The van der Waals surface area contributed by atoms with E-state index in [1.165, 1.54) is 17.3 Å². The topological polar surface area (TPSA) is 35.6 Å². The van der Waals surface area contributed by atoms with Crippen LogP contribution in [-0.2, 0) is 0 Å². The molecule has 1 N–H and O–H groups in total. The Bertz CT molecular complexity index is 679. The molecule has 4 nitrogen and oxygen atoms in total. The number of urea groups is 1. The molecule has 23 heavy (non-hydrogen) atoms. The van der Waals surface area contributed by atoms with Gasteiger partial charge in [-0.2, -0.15) is 0 Å². The van der Waals surface area contributed by atoms with Gasteiger partial charge in [-0.1, -0.05) is 29.8 Å². The van der Waals surface area contributed by atoms with Gasteiger partial charge in [0.05, 0.1) is 5.69 Å². The third-order valence-corrected chi connectivity index (χ3v) is 4.08. The highest BCUT2D eigenvalue weighted by Crippen LogP contribution is 2.18. The zero-order chi connectivity index (χ0) is 16.2. The summed E-state index contributed by atoms with van der Waals surface area (Å²) < 4.78 is 13.6. The average molecular weight is 313 g/mol. The lowest BCUT2D eigenvalue weighted by molar-refractivity contribution is 0.208. The number of hydrogen-bond acceptors (Lipinski definition) is 2. The van der Waals surface area contributed by atoms with Crippen LogP contribution < -0.4 is 10.2 Å². The number of piperazine rings is 1. The minimum atomic E-state index is -0.417. The standard InChI is InChI=1S/C18H20FN3O/c1-14-6-8-15(9-7-14)21-10-12-22(13-11-21)18(23)20-17-5-3-2-4-16(17)19/h2-9H,10-13H2,1H3,(H,20,23). The van der Waals surface area contributed by atoms with E-state index >= 15 is 0 Å². The van der Waals surface area contributed by atoms with Crippen molar-refractivity contribution < 1.29 is 9.18 Å². The SMILES string of the molecule is Cc1ccc(N2CCN(C(=O)Nc3ccccc3F)CC2)cc1. The summed E-state index contributed by atoms with van der Waals surface area (Å²) in [4.78, 5) is 16.2. The van der Waals surface area contributed by atoms with Gasteiger partial charge in [0.1, 0.15) is 5.82 Å². The molecule has 0 unspecified atom stereocenters. The van der Waals surface area contributed by atoms with Crippen LogP contribution in [0.2, 0.25) is 0 Å². The molecule has 0 spiro atoms. The maximum Gasteiger partial charge on any atom is 0.322 e. The molecule has 0 bridgehead atoms. The van der Waals surface area contributed by atoms with Gasteiger partial charge in [-0.25, -0.2) is 9.18 Å². The minimum Gasteiger partial charge on any atom is -0.368 e. The highest BCUT2D eigenvalue weighted by atomic mass is 19.1. The van der Waals surface area contributed by atoms with Crippen molar-refractivity contribution in [3.05, 3.63) is 59.9 Å². The fourth-order valence-electron chi connectivity index (χ4n) is 2.68. The van der Waals surface area contributed by atoms with E-state index in [0.29, 0.717) is 13.1 Å². The number of carbonyl (C=O) groups excluding carboxylic acids is 1. The number of nitrogens with zero attached hydrogens (tertiary/aromatic N) is 2. The van der Waals surface area contributed by atoms with Gasteiger partial charge in [0, 0.05) is 31.9 Å². The molecule has 0 atom stereocenters. The Hall–Kier alpha value is -2.56.